The van der Waals surface area contributed by atoms with E-state index in [2.05, 4.69) is 24.0 Å². The summed E-state index contributed by atoms with van der Waals surface area (Å²) in [5.74, 6) is 2.25. The molecule has 2 aromatic carbocycles. The Labute approximate surface area is 185 Å². The van der Waals surface area contributed by atoms with Gasteiger partial charge in [-0.25, -0.2) is 0 Å². The van der Waals surface area contributed by atoms with Gasteiger partial charge >= 0.3 is 0 Å². The van der Waals surface area contributed by atoms with Gasteiger partial charge in [0.1, 0.15) is 5.75 Å². The third kappa shape index (κ3) is 6.37. The van der Waals surface area contributed by atoms with Crippen molar-refractivity contribution >= 4 is 5.91 Å². The second-order valence-electron chi connectivity index (χ2n) is 7.71. The van der Waals surface area contributed by atoms with Crippen LogP contribution in [0.5, 0.6) is 17.2 Å². The smallest absolute Gasteiger partial charge is 0.254 e. The highest BCUT2D eigenvalue weighted by Crippen LogP contribution is 2.29. The summed E-state index contributed by atoms with van der Waals surface area (Å²) in [5.41, 5.74) is 1.90. The van der Waals surface area contributed by atoms with Crippen molar-refractivity contribution in [1.82, 2.24) is 9.80 Å². The van der Waals surface area contributed by atoms with Crippen molar-refractivity contribution in [1.29, 1.82) is 0 Å². The molecule has 6 heteroatoms. The first-order chi connectivity index (χ1) is 15.1. The summed E-state index contributed by atoms with van der Waals surface area (Å²) in [4.78, 5) is 17.5. The van der Waals surface area contributed by atoms with Crippen molar-refractivity contribution in [2.45, 2.75) is 33.2 Å². The van der Waals surface area contributed by atoms with Crippen LogP contribution in [-0.4, -0.2) is 62.2 Å². The normalized spacial score (nSPS) is 14.7. The monoisotopic (exact) mass is 426 g/mol. The van der Waals surface area contributed by atoms with E-state index < -0.39 is 0 Å². The quantitative estimate of drug-likeness (QED) is 0.601. The van der Waals surface area contributed by atoms with E-state index in [-0.39, 0.29) is 5.91 Å². The number of nitrogens with zero attached hydrogens (tertiary/aromatic N) is 2. The third-order valence-corrected chi connectivity index (χ3v) is 5.39. The third-order valence-electron chi connectivity index (χ3n) is 5.39. The largest absolute Gasteiger partial charge is 0.497 e. The Bertz CT molecular complexity index is 838. The highest BCUT2D eigenvalue weighted by atomic mass is 16.5. The minimum Gasteiger partial charge on any atom is -0.497 e. The Balaban J connectivity index is 1.62. The van der Waals surface area contributed by atoms with Gasteiger partial charge in [-0.15, -0.1) is 0 Å². The second kappa shape index (κ2) is 11.6. The molecule has 1 saturated heterocycles. The molecule has 0 atom stereocenters. The van der Waals surface area contributed by atoms with E-state index in [1.54, 1.807) is 7.11 Å². The van der Waals surface area contributed by atoms with Gasteiger partial charge in [0.25, 0.3) is 5.91 Å². The number of ether oxygens (including phenoxy) is 3. The maximum Gasteiger partial charge on any atom is 0.254 e. The zero-order valence-electron chi connectivity index (χ0n) is 18.9. The highest BCUT2D eigenvalue weighted by molar-refractivity contribution is 5.95. The second-order valence-corrected chi connectivity index (χ2v) is 7.71. The summed E-state index contributed by atoms with van der Waals surface area (Å²) in [7, 11) is 1.68. The summed E-state index contributed by atoms with van der Waals surface area (Å²) in [6, 6.07) is 13.7. The minimum absolute atomic E-state index is 0.0503. The van der Waals surface area contributed by atoms with E-state index in [9.17, 15) is 4.79 Å². The molecule has 2 aromatic rings. The predicted molar refractivity (Wildman–Crippen MR) is 122 cm³/mol. The topological polar surface area (TPSA) is 51.2 Å². The van der Waals surface area contributed by atoms with Crippen molar-refractivity contribution in [2.75, 3.05) is 46.5 Å². The first-order valence-electron chi connectivity index (χ1n) is 11.2. The molecule has 0 N–H and O–H groups in total. The number of carbonyl (C=O) groups excluding carboxylic acids is 1. The van der Waals surface area contributed by atoms with Crippen LogP contribution in [-0.2, 0) is 6.54 Å². The highest BCUT2D eigenvalue weighted by Gasteiger charge is 2.21. The molecule has 1 amide bonds. The molecule has 6 nitrogen and oxygen atoms in total. The van der Waals surface area contributed by atoms with Gasteiger partial charge in [-0.1, -0.05) is 19.1 Å². The molecule has 1 fully saturated rings. The zero-order valence-corrected chi connectivity index (χ0v) is 18.9. The number of rotatable bonds is 9. The first-order valence-corrected chi connectivity index (χ1v) is 11.2. The van der Waals surface area contributed by atoms with Crippen LogP contribution in [0, 0.1) is 0 Å². The molecule has 0 aromatic heterocycles. The molecule has 0 unspecified atom stereocenters. The van der Waals surface area contributed by atoms with Gasteiger partial charge in [-0.3, -0.25) is 9.69 Å². The lowest BCUT2D eigenvalue weighted by Crippen LogP contribution is -2.35. The molecule has 0 aliphatic carbocycles. The van der Waals surface area contributed by atoms with Crippen molar-refractivity contribution in [2.24, 2.45) is 0 Å². The fourth-order valence-electron chi connectivity index (χ4n) is 3.74. The van der Waals surface area contributed by atoms with Crippen LogP contribution >= 0.6 is 0 Å². The molecule has 1 aliphatic heterocycles. The Hall–Kier alpha value is -2.73. The summed E-state index contributed by atoms with van der Waals surface area (Å²) < 4.78 is 16.7. The molecule has 168 valence electrons. The van der Waals surface area contributed by atoms with Crippen molar-refractivity contribution < 1.29 is 19.0 Å². The van der Waals surface area contributed by atoms with E-state index in [4.69, 9.17) is 14.2 Å². The summed E-state index contributed by atoms with van der Waals surface area (Å²) in [6.45, 7) is 9.35. The lowest BCUT2D eigenvalue weighted by Gasteiger charge is -2.22. The number of carbonyl (C=O) groups is 1. The number of methoxy groups -OCH3 is 1. The average Bonchev–Trinajstić information content (AvgIpc) is 3.04. The lowest BCUT2D eigenvalue weighted by molar-refractivity contribution is 0.0760. The van der Waals surface area contributed by atoms with Crippen LogP contribution in [0.15, 0.2) is 42.5 Å². The van der Waals surface area contributed by atoms with Crippen LogP contribution in [0.1, 0.15) is 42.6 Å². The fraction of sp³-hybridized carbons (Fsp3) is 0.480. The van der Waals surface area contributed by atoms with E-state index >= 15 is 0 Å². The SMILES string of the molecule is CCCOc1ccc(C(=O)N2CCCN(Cc3ccc(OC)cc3)CC2)cc1OCC. The number of hydrogen-bond acceptors (Lipinski definition) is 5. The molecule has 0 radical (unpaired) electrons. The Morgan fingerprint density at radius 3 is 2.45 bits per heavy atom. The van der Waals surface area contributed by atoms with Gasteiger partial charge in [0.15, 0.2) is 11.5 Å². The van der Waals surface area contributed by atoms with Gasteiger partial charge in [-0.2, -0.15) is 0 Å². The Kier molecular flexibility index (Phi) is 8.59. The molecule has 0 spiro atoms. The van der Waals surface area contributed by atoms with Gasteiger partial charge < -0.3 is 19.1 Å². The van der Waals surface area contributed by atoms with Crippen LogP contribution in [0.3, 0.4) is 0 Å². The predicted octanol–water partition coefficient (Wildman–Crippen LogP) is 4.23. The van der Waals surface area contributed by atoms with Crippen LogP contribution in [0.2, 0.25) is 0 Å². The van der Waals surface area contributed by atoms with E-state index in [1.807, 2.05) is 42.2 Å². The first kappa shape index (κ1) is 22.9. The maximum absolute atomic E-state index is 13.2. The molecule has 1 aliphatic rings. The van der Waals surface area contributed by atoms with Gasteiger partial charge in [0.2, 0.25) is 0 Å². The molecule has 3 rings (SSSR count). The minimum atomic E-state index is 0.0503. The molecular formula is C25H34N2O4. The average molecular weight is 427 g/mol. The maximum atomic E-state index is 13.2. The molecule has 0 saturated carbocycles. The fourth-order valence-corrected chi connectivity index (χ4v) is 3.74. The van der Waals surface area contributed by atoms with Crippen LogP contribution in [0.25, 0.3) is 0 Å². The standard InChI is InChI=1S/C25H34N2O4/c1-4-17-31-23-12-9-21(18-24(23)30-5-2)25(28)27-14-6-13-26(15-16-27)19-20-7-10-22(29-3)11-8-20/h7-12,18H,4-6,13-17,19H2,1-3H3. The Morgan fingerprint density at radius 2 is 1.74 bits per heavy atom. The zero-order chi connectivity index (χ0) is 22.1. The van der Waals surface area contributed by atoms with Crippen LogP contribution < -0.4 is 14.2 Å². The van der Waals surface area contributed by atoms with E-state index in [0.29, 0.717) is 36.8 Å². The number of hydrogen-bond donors (Lipinski definition) is 0. The van der Waals surface area contributed by atoms with Crippen LogP contribution in [0.4, 0.5) is 0 Å². The number of benzene rings is 2. The Morgan fingerprint density at radius 1 is 0.935 bits per heavy atom. The molecule has 1 heterocycles. The van der Waals surface area contributed by atoms with Gasteiger partial charge in [0.05, 0.1) is 20.3 Å². The molecule has 31 heavy (non-hydrogen) atoms. The van der Waals surface area contributed by atoms with E-state index in [0.717, 1.165) is 44.8 Å². The van der Waals surface area contributed by atoms with Crippen molar-refractivity contribution in [3.05, 3.63) is 53.6 Å². The summed E-state index contributed by atoms with van der Waals surface area (Å²) >= 11 is 0. The van der Waals surface area contributed by atoms with Gasteiger partial charge in [-0.05, 0) is 55.7 Å². The molecule has 0 bridgehead atoms. The molecular weight excluding hydrogens is 392 g/mol. The summed E-state index contributed by atoms with van der Waals surface area (Å²) in [5, 5.41) is 0. The van der Waals surface area contributed by atoms with Crippen molar-refractivity contribution in [3.8, 4) is 17.2 Å². The number of amides is 1. The lowest BCUT2D eigenvalue weighted by atomic mass is 10.1. The van der Waals surface area contributed by atoms with Crippen molar-refractivity contribution in [3.63, 3.8) is 0 Å². The van der Waals surface area contributed by atoms with E-state index in [1.165, 1.54) is 5.56 Å². The summed E-state index contributed by atoms with van der Waals surface area (Å²) in [6.07, 6.45) is 1.88. The van der Waals surface area contributed by atoms with Gasteiger partial charge in [0, 0.05) is 38.3 Å².